The van der Waals surface area contributed by atoms with Gasteiger partial charge in [0.15, 0.2) is 0 Å². The maximum absolute atomic E-state index is 6.29. The van der Waals surface area contributed by atoms with Gasteiger partial charge in [0.1, 0.15) is 0 Å². The molecule has 3 aromatic rings. The van der Waals surface area contributed by atoms with E-state index in [2.05, 4.69) is 52.3 Å². The molecule has 0 aliphatic heterocycles. The van der Waals surface area contributed by atoms with E-state index in [1.54, 1.807) is 22.7 Å². The van der Waals surface area contributed by atoms with Crippen molar-refractivity contribution in [3.8, 4) is 0 Å². The third-order valence-corrected chi connectivity index (χ3v) is 5.56. The molecule has 0 fully saturated rings. The van der Waals surface area contributed by atoms with Crippen LogP contribution in [0.4, 0.5) is 0 Å². The molecule has 4 heteroatoms. The first-order valence-corrected chi connectivity index (χ1v) is 7.66. The van der Waals surface area contributed by atoms with Crippen LogP contribution in [-0.2, 0) is 0 Å². The second kappa shape index (κ2) is 4.53. The first kappa shape index (κ1) is 11.4. The summed E-state index contributed by atoms with van der Waals surface area (Å²) in [6.45, 7) is 0. The molecule has 0 radical (unpaired) electrons. The highest BCUT2D eigenvalue weighted by Gasteiger charge is 2.13. The van der Waals surface area contributed by atoms with E-state index in [-0.39, 0.29) is 6.04 Å². The molecule has 0 aliphatic rings. The van der Waals surface area contributed by atoms with Crippen LogP contribution in [0.5, 0.6) is 0 Å². The summed E-state index contributed by atoms with van der Waals surface area (Å²) in [7, 11) is 0. The Hall–Kier alpha value is -0.680. The maximum Gasteiger partial charge on any atom is 0.0740 e. The Morgan fingerprint density at radius 1 is 1.00 bits per heavy atom. The zero-order valence-corrected chi connectivity index (χ0v) is 12.1. The highest BCUT2D eigenvalue weighted by Crippen LogP contribution is 2.35. The average Bonchev–Trinajstić information content (AvgIpc) is 2.93. The minimum Gasteiger partial charge on any atom is -0.319 e. The second-order valence-electron chi connectivity index (χ2n) is 3.81. The van der Waals surface area contributed by atoms with Gasteiger partial charge in [0, 0.05) is 14.5 Å². The normalized spacial score (nSPS) is 13.1. The van der Waals surface area contributed by atoms with Crippen molar-refractivity contribution >= 4 is 48.7 Å². The topological polar surface area (TPSA) is 26.0 Å². The number of benzene rings is 1. The van der Waals surface area contributed by atoms with Gasteiger partial charge in [-0.25, -0.2) is 0 Å². The number of halogens is 1. The van der Waals surface area contributed by atoms with Gasteiger partial charge >= 0.3 is 0 Å². The number of nitrogens with two attached hydrogens (primary N) is 1. The smallest absolute Gasteiger partial charge is 0.0740 e. The number of hydrogen-bond donors (Lipinski definition) is 1. The molecule has 86 valence electrons. The molecule has 1 nitrogen and oxygen atoms in total. The molecule has 0 saturated heterocycles. The van der Waals surface area contributed by atoms with E-state index < -0.39 is 0 Å². The molecule has 0 spiro atoms. The predicted molar refractivity (Wildman–Crippen MR) is 79.9 cm³/mol. The summed E-state index contributed by atoms with van der Waals surface area (Å²) >= 11 is 6.95. The molecule has 2 aromatic heterocycles. The van der Waals surface area contributed by atoms with Crippen molar-refractivity contribution in [1.29, 1.82) is 0 Å². The SMILES string of the molecule is NC(c1ccc(Br)s1)c1cc2ccccc2s1. The molecule has 1 aromatic carbocycles. The predicted octanol–water partition coefficient (Wildman–Crippen LogP) is 4.77. The molecule has 0 amide bonds. The Morgan fingerprint density at radius 3 is 2.53 bits per heavy atom. The Balaban J connectivity index is 2.03. The number of hydrogen-bond acceptors (Lipinski definition) is 3. The van der Waals surface area contributed by atoms with Crippen LogP contribution in [0.3, 0.4) is 0 Å². The summed E-state index contributed by atoms with van der Waals surface area (Å²) in [5.41, 5.74) is 6.29. The molecular formula is C13H10BrNS2. The third kappa shape index (κ3) is 2.18. The standard InChI is InChI=1S/C13H10BrNS2/c14-12-6-5-10(17-12)13(15)11-7-8-3-1-2-4-9(8)16-11/h1-7,13H,15H2. The minimum absolute atomic E-state index is 0.0105. The van der Waals surface area contributed by atoms with Crippen molar-refractivity contribution in [2.24, 2.45) is 5.73 Å². The van der Waals surface area contributed by atoms with E-state index in [9.17, 15) is 0 Å². The highest BCUT2D eigenvalue weighted by atomic mass is 79.9. The van der Waals surface area contributed by atoms with Crippen LogP contribution in [0.15, 0.2) is 46.3 Å². The lowest BCUT2D eigenvalue weighted by Crippen LogP contribution is -2.07. The van der Waals surface area contributed by atoms with E-state index in [0.29, 0.717) is 0 Å². The zero-order chi connectivity index (χ0) is 11.8. The molecule has 17 heavy (non-hydrogen) atoms. The van der Waals surface area contributed by atoms with Gasteiger partial charge < -0.3 is 5.73 Å². The lowest BCUT2D eigenvalue weighted by molar-refractivity contribution is 0.918. The number of fused-ring (bicyclic) bond motifs is 1. The van der Waals surface area contributed by atoms with Gasteiger partial charge in [-0.2, -0.15) is 0 Å². The second-order valence-corrected chi connectivity index (χ2v) is 7.42. The Kier molecular flexibility index (Phi) is 3.04. The van der Waals surface area contributed by atoms with Crippen molar-refractivity contribution in [2.75, 3.05) is 0 Å². The number of thiophene rings is 2. The fourth-order valence-electron chi connectivity index (χ4n) is 1.79. The average molecular weight is 324 g/mol. The first-order valence-electron chi connectivity index (χ1n) is 5.23. The van der Waals surface area contributed by atoms with E-state index in [0.717, 1.165) is 3.79 Å². The van der Waals surface area contributed by atoms with Crippen LogP contribution in [0.25, 0.3) is 10.1 Å². The van der Waals surface area contributed by atoms with Crippen molar-refractivity contribution in [3.05, 3.63) is 56.0 Å². The lowest BCUT2D eigenvalue weighted by Gasteiger charge is -2.05. The van der Waals surface area contributed by atoms with Gasteiger partial charge in [-0.3, -0.25) is 0 Å². The molecule has 0 saturated carbocycles. The maximum atomic E-state index is 6.29. The van der Waals surface area contributed by atoms with Crippen LogP contribution in [0.2, 0.25) is 0 Å². The molecule has 0 bridgehead atoms. The van der Waals surface area contributed by atoms with Crippen molar-refractivity contribution < 1.29 is 0 Å². The van der Waals surface area contributed by atoms with E-state index >= 15 is 0 Å². The van der Waals surface area contributed by atoms with E-state index in [1.807, 2.05) is 6.07 Å². The van der Waals surface area contributed by atoms with Crippen molar-refractivity contribution in [2.45, 2.75) is 6.04 Å². The lowest BCUT2D eigenvalue weighted by atomic mass is 10.2. The summed E-state index contributed by atoms with van der Waals surface area (Å²) in [6, 6.07) is 14.7. The summed E-state index contributed by atoms with van der Waals surface area (Å²) in [5, 5.41) is 1.28. The minimum atomic E-state index is -0.0105. The van der Waals surface area contributed by atoms with Crippen LogP contribution in [0.1, 0.15) is 15.8 Å². The largest absolute Gasteiger partial charge is 0.319 e. The summed E-state index contributed by atoms with van der Waals surface area (Å²) in [5.74, 6) is 0. The van der Waals surface area contributed by atoms with E-state index in [4.69, 9.17) is 5.73 Å². The van der Waals surface area contributed by atoms with E-state index in [1.165, 1.54) is 19.8 Å². The summed E-state index contributed by atoms with van der Waals surface area (Å²) < 4.78 is 2.43. The van der Waals surface area contributed by atoms with Gasteiger partial charge in [0.25, 0.3) is 0 Å². The Bertz CT molecular complexity index is 623. The summed E-state index contributed by atoms with van der Waals surface area (Å²) in [6.07, 6.45) is 0. The van der Waals surface area contributed by atoms with Gasteiger partial charge in [0.2, 0.25) is 0 Å². The molecule has 1 unspecified atom stereocenters. The Morgan fingerprint density at radius 2 is 1.82 bits per heavy atom. The molecule has 2 heterocycles. The molecule has 2 N–H and O–H groups in total. The molecule has 1 atom stereocenters. The summed E-state index contributed by atoms with van der Waals surface area (Å²) in [4.78, 5) is 2.42. The molecular weight excluding hydrogens is 314 g/mol. The molecule has 3 rings (SSSR count). The highest BCUT2D eigenvalue weighted by molar-refractivity contribution is 9.11. The van der Waals surface area contributed by atoms with Gasteiger partial charge in [-0.15, -0.1) is 22.7 Å². The van der Waals surface area contributed by atoms with Crippen LogP contribution in [-0.4, -0.2) is 0 Å². The Labute approximate surface area is 116 Å². The fourth-order valence-corrected chi connectivity index (χ4v) is 4.40. The quantitative estimate of drug-likeness (QED) is 0.722. The van der Waals surface area contributed by atoms with Gasteiger partial charge in [-0.05, 0) is 45.6 Å². The monoisotopic (exact) mass is 323 g/mol. The van der Waals surface area contributed by atoms with Crippen LogP contribution in [0, 0.1) is 0 Å². The van der Waals surface area contributed by atoms with Crippen LogP contribution >= 0.6 is 38.6 Å². The van der Waals surface area contributed by atoms with Crippen molar-refractivity contribution in [1.82, 2.24) is 0 Å². The fraction of sp³-hybridized carbons (Fsp3) is 0.0769. The first-order chi connectivity index (χ1) is 8.24. The zero-order valence-electron chi connectivity index (χ0n) is 8.89. The molecule has 0 aliphatic carbocycles. The van der Waals surface area contributed by atoms with Crippen molar-refractivity contribution in [3.63, 3.8) is 0 Å². The number of rotatable bonds is 2. The third-order valence-electron chi connectivity index (χ3n) is 2.65. The van der Waals surface area contributed by atoms with Gasteiger partial charge in [-0.1, -0.05) is 18.2 Å². The van der Waals surface area contributed by atoms with Crippen LogP contribution < -0.4 is 5.73 Å². The van der Waals surface area contributed by atoms with Gasteiger partial charge in [0.05, 0.1) is 9.83 Å².